The summed E-state index contributed by atoms with van der Waals surface area (Å²) in [6, 6.07) is 12.3. The summed E-state index contributed by atoms with van der Waals surface area (Å²) < 4.78 is 27.6. The Bertz CT molecular complexity index is 872. The molecule has 0 unspecified atom stereocenters. The van der Waals surface area contributed by atoms with Gasteiger partial charge in [-0.05, 0) is 46.0 Å². The highest BCUT2D eigenvalue weighted by Crippen LogP contribution is 2.25. The van der Waals surface area contributed by atoms with Crippen molar-refractivity contribution < 1.29 is 8.42 Å². The van der Waals surface area contributed by atoms with Gasteiger partial charge in [0.1, 0.15) is 0 Å². The van der Waals surface area contributed by atoms with Crippen LogP contribution < -0.4 is 10.5 Å². The highest BCUT2D eigenvalue weighted by molar-refractivity contribution is 7.89. The Morgan fingerprint density at radius 3 is 2.76 bits per heavy atom. The van der Waals surface area contributed by atoms with Gasteiger partial charge in [-0.15, -0.1) is 0 Å². The Morgan fingerprint density at radius 1 is 1.14 bits per heavy atom. The van der Waals surface area contributed by atoms with E-state index in [0.717, 1.165) is 10.9 Å². The number of nitrogens with two attached hydrogens (primary N) is 1. The molecule has 0 aliphatic carbocycles. The van der Waals surface area contributed by atoms with Crippen molar-refractivity contribution in [2.75, 3.05) is 5.73 Å². The molecule has 108 valence electrons. The molecule has 0 spiro atoms. The molecule has 1 heterocycles. The number of rotatable bonds is 4. The van der Waals surface area contributed by atoms with Crippen LogP contribution in [0.3, 0.4) is 0 Å². The van der Waals surface area contributed by atoms with E-state index in [1.54, 1.807) is 41.7 Å². The number of hydrogen-bond donors (Lipinski definition) is 2. The molecule has 0 fully saturated rings. The fourth-order valence-corrected chi connectivity index (χ4v) is 4.07. The predicted molar refractivity (Wildman–Crippen MR) is 86.7 cm³/mol. The Hall–Kier alpha value is -1.89. The van der Waals surface area contributed by atoms with E-state index in [4.69, 9.17) is 5.73 Å². The molecule has 1 aromatic heterocycles. The number of nitrogens with one attached hydrogen (secondary N) is 1. The Balaban J connectivity index is 1.98. The van der Waals surface area contributed by atoms with Gasteiger partial charge in [-0.3, -0.25) is 0 Å². The lowest BCUT2D eigenvalue weighted by Crippen LogP contribution is -2.23. The van der Waals surface area contributed by atoms with E-state index >= 15 is 0 Å². The van der Waals surface area contributed by atoms with Crippen LogP contribution in [-0.4, -0.2) is 8.42 Å². The molecular weight excluding hydrogens is 304 g/mol. The summed E-state index contributed by atoms with van der Waals surface area (Å²) in [4.78, 5) is 0.273. The second-order valence-electron chi connectivity index (χ2n) is 4.69. The largest absolute Gasteiger partial charge is 0.399 e. The molecule has 6 heteroatoms. The highest BCUT2D eigenvalue weighted by Gasteiger charge is 2.16. The van der Waals surface area contributed by atoms with Gasteiger partial charge < -0.3 is 5.73 Å². The fourth-order valence-electron chi connectivity index (χ4n) is 2.16. The van der Waals surface area contributed by atoms with Gasteiger partial charge in [0, 0.05) is 17.6 Å². The van der Waals surface area contributed by atoms with Crippen molar-refractivity contribution in [3.63, 3.8) is 0 Å². The lowest BCUT2D eigenvalue weighted by Gasteiger charge is -2.09. The van der Waals surface area contributed by atoms with E-state index in [-0.39, 0.29) is 11.4 Å². The van der Waals surface area contributed by atoms with Gasteiger partial charge in [-0.1, -0.05) is 18.2 Å². The minimum absolute atomic E-state index is 0.273. The van der Waals surface area contributed by atoms with Gasteiger partial charge in [0.05, 0.1) is 4.90 Å². The molecular formula is C15H14N2O2S2. The number of benzene rings is 2. The van der Waals surface area contributed by atoms with E-state index in [2.05, 4.69) is 4.72 Å². The van der Waals surface area contributed by atoms with Crippen LogP contribution in [0.2, 0.25) is 0 Å². The third-order valence-corrected chi connectivity index (χ3v) is 5.39. The van der Waals surface area contributed by atoms with E-state index in [1.165, 1.54) is 0 Å². The zero-order chi connectivity index (χ0) is 14.9. The summed E-state index contributed by atoms with van der Waals surface area (Å²) in [5.74, 6) is 0. The molecule has 21 heavy (non-hydrogen) atoms. The first-order chi connectivity index (χ1) is 10.1. The minimum atomic E-state index is -3.56. The summed E-state index contributed by atoms with van der Waals surface area (Å²) in [5, 5.41) is 5.33. The summed E-state index contributed by atoms with van der Waals surface area (Å²) in [5.41, 5.74) is 7.31. The number of nitrogen functional groups attached to an aromatic ring is 1. The van der Waals surface area contributed by atoms with Gasteiger partial charge in [0.25, 0.3) is 0 Å². The van der Waals surface area contributed by atoms with Crippen molar-refractivity contribution in [3.05, 3.63) is 58.8 Å². The zero-order valence-electron chi connectivity index (χ0n) is 11.1. The van der Waals surface area contributed by atoms with Crippen molar-refractivity contribution in [1.29, 1.82) is 0 Å². The van der Waals surface area contributed by atoms with E-state index in [0.29, 0.717) is 11.1 Å². The molecule has 0 radical (unpaired) electrons. The molecule has 0 bridgehead atoms. The molecule has 0 amide bonds. The lowest BCUT2D eigenvalue weighted by atomic mass is 10.1. The first-order valence-corrected chi connectivity index (χ1v) is 8.78. The lowest BCUT2D eigenvalue weighted by molar-refractivity contribution is 0.582. The van der Waals surface area contributed by atoms with Crippen molar-refractivity contribution >= 4 is 37.8 Å². The van der Waals surface area contributed by atoms with Crippen LogP contribution in [0.4, 0.5) is 5.69 Å². The standard InChI is InChI=1S/C15H14N2O2S2/c16-13-4-5-14-12(8-13)2-1-3-15(14)21(18,19)17-9-11-6-7-20-10-11/h1-8,10,17H,9,16H2. The second kappa shape index (κ2) is 5.48. The quantitative estimate of drug-likeness (QED) is 0.726. The maximum atomic E-state index is 12.5. The summed E-state index contributed by atoms with van der Waals surface area (Å²) >= 11 is 1.54. The summed E-state index contributed by atoms with van der Waals surface area (Å²) in [6.07, 6.45) is 0. The monoisotopic (exact) mass is 318 g/mol. The number of thiophene rings is 1. The predicted octanol–water partition coefficient (Wildman–Crippen LogP) is 2.96. The first-order valence-electron chi connectivity index (χ1n) is 6.35. The normalized spacial score (nSPS) is 11.8. The minimum Gasteiger partial charge on any atom is -0.399 e. The molecule has 0 saturated carbocycles. The first kappa shape index (κ1) is 14.1. The maximum absolute atomic E-state index is 12.5. The van der Waals surface area contributed by atoms with E-state index < -0.39 is 10.0 Å². The number of fused-ring (bicyclic) bond motifs is 1. The summed E-state index contributed by atoms with van der Waals surface area (Å²) in [6.45, 7) is 0.289. The molecule has 3 N–H and O–H groups in total. The number of anilines is 1. The van der Waals surface area contributed by atoms with Crippen LogP contribution in [0, 0.1) is 0 Å². The molecule has 0 atom stereocenters. The molecule has 0 aliphatic rings. The molecule has 0 aliphatic heterocycles. The molecule has 4 nitrogen and oxygen atoms in total. The van der Waals surface area contributed by atoms with E-state index in [1.807, 2.05) is 22.9 Å². The van der Waals surface area contributed by atoms with Gasteiger partial charge in [-0.25, -0.2) is 13.1 Å². The number of hydrogen-bond acceptors (Lipinski definition) is 4. The van der Waals surface area contributed by atoms with Crippen LogP contribution in [0.25, 0.3) is 10.8 Å². The van der Waals surface area contributed by atoms with Crippen molar-refractivity contribution in [1.82, 2.24) is 4.72 Å². The molecule has 0 saturated heterocycles. The SMILES string of the molecule is Nc1ccc2c(S(=O)(=O)NCc3ccsc3)cccc2c1. The maximum Gasteiger partial charge on any atom is 0.241 e. The van der Waals surface area contributed by atoms with Crippen molar-refractivity contribution in [3.8, 4) is 0 Å². The smallest absolute Gasteiger partial charge is 0.241 e. The van der Waals surface area contributed by atoms with Crippen LogP contribution in [-0.2, 0) is 16.6 Å². The van der Waals surface area contributed by atoms with Crippen LogP contribution >= 0.6 is 11.3 Å². The molecule has 2 aromatic carbocycles. The van der Waals surface area contributed by atoms with Gasteiger partial charge in [0.15, 0.2) is 0 Å². The third-order valence-electron chi connectivity index (χ3n) is 3.20. The second-order valence-corrected chi connectivity index (χ2v) is 7.21. The van der Waals surface area contributed by atoms with Gasteiger partial charge in [0.2, 0.25) is 10.0 Å². The average Bonchev–Trinajstić information content (AvgIpc) is 2.97. The van der Waals surface area contributed by atoms with Crippen LogP contribution in [0.5, 0.6) is 0 Å². The van der Waals surface area contributed by atoms with E-state index in [9.17, 15) is 8.42 Å². The Kier molecular flexibility index (Phi) is 3.67. The topological polar surface area (TPSA) is 72.2 Å². The van der Waals surface area contributed by atoms with Crippen molar-refractivity contribution in [2.45, 2.75) is 11.4 Å². The summed E-state index contributed by atoms with van der Waals surface area (Å²) in [7, 11) is -3.56. The Labute approximate surface area is 127 Å². The molecule has 3 aromatic rings. The highest BCUT2D eigenvalue weighted by atomic mass is 32.2. The number of sulfonamides is 1. The third kappa shape index (κ3) is 2.92. The van der Waals surface area contributed by atoms with Crippen LogP contribution in [0.1, 0.15) is 5.56 Å². The average molecular weight is 318 g/mol. The fraction of sp³-hybridized carbons (Fsp3) is 0.0667. The Morgan fingerprint density at radius 2 is 2.00 bits per heavy atom. The zero-order valence-corrected chi connectivity index (χ0v) is 12.7. The van der Waals surface area contributed by atoms with Gasteiger partial charge >= 0.3 is 0 Å². The van der Waals surface area contributed by atoms with Gasteiger partial charge in [-0.2, -0.15) is 11.3 Å². The molecule has 3 rings (SSSR count). The van der Waals surface area contributed by atoms with Crippen LogP contribution in [0.15, 0.2) is 58.1 Å². The van der Waals surface area contributed by atoms with Crippen molar-refractivity contribution in [2.24, 2.45) is 0 Å².